The third-order valence-corrected chi connectivity index (χ3v) is 3.04. The zero-order valence-corrected chi connectivity index (χ0v) is 9.17. The number of ether oxygens (including phenoxy) is 1. The minimum atomic E-state index is -0.383. The predicted octanol–water partition coefficient (Wildman–Crippen LogP) is 2.31. The summed E-state index contributed by atoms with van der Waals surface area (Å²) < 4.78 is 5.22. The number of fused-ring (bicyclic) bond motifs is 1. The van der Waals surface area contributed by atoms with Crippen molar-refractivity contribution in [3.63, 3.8) is 0 Å². The standard InChI is InChI=1S/C11H19NO2/c1-11(2,3)14-10(13)12-9-5-4-7-6-8(7)9/h7-9H,4-6H2,1-3H3,(H,12,13)/t7-,8+,9+/m1/s1. The molecule has 2 rings (SSSR count). The van der Waals surface area contributed by atoms with Gasteiger partial charge in [0.2, 0.25) is 0 Å². The summed E-state index contributed by atoms with van der Waals surface area (Å²) in [5.74, 6) is 1.65. The zero-order valence-electron chi connectivity index (χ0n) is 9.17. The largest absolute Gasteiger partial charge is 0.444 e. The molecule has 0 unspecified atom stereocenters. The van der Waals surface area contributed by atoms with E-state index in [0.29, 0.717) is 6.04 Å². The van der Waals surface area contributed by atoms with Crippen LogP contribution in [0.2, 0.25) is 0 Å². The highest BCUT2D eigenvalue weighted by atomic mass is 16.6. The fourth-order valence-corrected chi connectivity index (χ4v) is 2.34. The smallest absolute Gasteiger partial charge is 0.407 e. The van der Waals surface area contributed by atoms with Gasteiger partial charge in [0.15, 0.2) is 0 Å². The van der Waals surface area contributed by atoms with Crippen LogP contribution < -0.4 is 5.32 Å². The van der Waals surface area contributed by atoms with Gasteiger partial charge in [-0.25, -0.2) is 4.79 Å². The van der Waals surface area contributed by atoms with Gasteiger partial charge in [-0.3, -0.25) is 0 Å². The van der Waals surface area contributed by atoms with Crippen LogP contribution in [0.5, 0.6) is 0 Å². The summed E-state index contributed by atoms with van der Waals surface area (Å²) in [5.41, 5.74) is -0.383. The lowest BCUT2D eigenvalue weighted by Crippen LogP contribution is -2.39. The van der Waals surface area contributed by atoms with Gasteiger partial charge < -0.3 is 10.1 Å². The summed E-state index contributed by atoms with van der Waals surface area (Å²) in [5, 5.41) is 2.97. The van der Waals surface area contributed by atoms with Crippen molar-refractivity contribution in [3.05, 3.63) is 0 Å². The Balaban J connectivity index is 1.77. The van der Waals surface area contributed by atoms with Gasteiger partial charge in [-0.05, 0) is 51.9 Å². The van der Waals surface area contributed by atoms with Gasteiger partial charge in [0, 0.05) is 6.04 Å². The molecule has 3 heteroatoms. The van der Waals surface area contributed by atoms with Crippen LogP contribution in [0.3, 0.4) is 0 Å². The number of amides is 1. The molecule has 0 aromatic rings. The Bertz CT molecular complexity index is 244. The highest BCUT2D eigenvalue weighted by Crippen LogP contribution is 2.51. The maximum Gasteiger partial charge on any atom is 0.407 e. The molecule has 2 saturated carbocycles. The fourth-order valence-electron chi connectivity index (χ4n) is 2.34. The van der Waals surface area contributed by atoms with E-state index < -0.39 is 0 Å². The maximum absolute atomic E-state index is 11.4. The van der Waals surface area contributed by atoms with Gasteiger partial charge in [-0.2, -0.15) is 0 Å². The Morgan fingerprint density at radius 2 is 2.07 bits per heavy atom. The summed E-state index contributed by atoms with van der Waals surface area (Å²) in [7, 11) is 0. The van der Waals surface area contributed by atoms with Crippen LogP contribution in [-0.2, 0) is 4.74 Å². The van der Waals surface area contributed by atoms with Crippen molar-refractivity contribution in [2.45, 2.75) is 51.7 Å². The van der Waals surface area contributed by atoms with E-state index in [2.05, 4.69) is 5.32 Å². The lowest BCUT2D eigenvalue weighted by molar-refractivity contribution is 0.0500. The number of carbonyl (C=O) groups excluding carboxylic acids is 1. The van der Waals surface area contributed by atoms with Crippen LogP contribution in [0.15, 0.2) is 0 Å². The molecule has 2 aliphatic rings. The van der Waals surface area contributed by atoms with Gasteiger partial charge in [0.25, 0.3) is 0 Å². The van der Waals surface area contributed by atoms with Crippen molar-refractivity contribution >= 4 is 6.09 Å². The SMILES string of the molecule is CC(C)(C)OC(=O)N[C@H]1CC[C@@H]2C[C@@H]21. The molecule has 0 aliphatic heterocycles. The summed E-state index contributed by atoms with van der Waals surface area (Å²) in [6.45, 7) is 5.67. The van der Waals surface area contributed by atoms with Crippen LogP contribution in [-0.4, -0.2) is 17.7 Å². The Morgan fingerprint density at radius 3 is 2.50 bits per heavy atom. The van der Waals surface area contributed by atoms with Gasteiger partial charge >= 0.3 is 6.09 Å². The lowest BCUT2D eigenvalue weighted by atomic mass is 10.2. The van der Waals surface area contributed by atoms with Crippen molar-refractivity contribution in [2.75, 3.05) is 0 Å². The van der Waals surface area contributed by atoms with Crippen LogP contribution in [0.25, 0.3) is 0 Å². The highest BCUT2D eigenvalue weighted by Gasteiger charge is 2.48. The number of hydrogen-bond acceptors (Lipinski definition) is 2. The topological polar surface area (TPSA) is 38.3 Å². The predicted molar refractivity (Wildman–Crippen MR) is 54.0 cm³/mol. The molecule has 1 amide bonds. The Hall–Kier alpha value is -0.730. The molecule has 2 fully saturated rings. The van der Waals surface area contributed by atoms with E-state index in [1.165, 1.54) is 12.8 Å². The molecule has 0 aromatic carbocycles. The number of rotatable bonds is 1. The molecule has 14 heavy (non-hydrogen) atoms. The van der Waals surface area contributed by atoms with E-state index in [4.69, 9.17) is 4.74 Å². The van der Waals surface area contributed by atoms with Crippen LogP contribution >= 0.6 is 0 Å². The molecule has 0 bridgehead atoms. The first-order valence-electron chi connectivity index (χ1n) is 5.45. The van der Waals surface area contributed by atoms with Crippen molar-refractivity contribution in [3.8, 4) is 0 Å². The van der Waals surface area contributed by atoms with Crippen molar-refractivity contribution in [1.82, 2.24) is 5.32 Å². The molecule has 0 aromatic heterocycles. The van der Waals surface area contributed by atoms with Crippen molar-refractivity contribution in [2.24, 2.45) is 11.8 Å². The average molecular weight is 197 g/mol. The first kappa shape index (κ1) is 9.81. The van der Waals surface area contributed by atoms with E-state index in [1.54, 1.807) is 0 Å². The molecule has 0 heterocycles. The molecule has 1 N–H and O–H groups in total. The van der Waals surface area contributed by atoms with Gasteiger partial charge in [0.05, 0.1) is 0 Å². The lowest BCUT2D eigenvalue weighted by Gasteiger charge is -2.22. The second kappa shape index (κ2) is 3.14. The molecule has 0 radical (unpaired) electrons. The molecule has 80 valence electrons. The number of carbonyl (C=O) groups is 1. The van der Waals surface area contributed by atoms with Crippen molar-refractivity contribution in [1.29, 1.82) is 0 Å². The minimum Gasteiger partial charge on any atom is -0.444 e. The van der Waals surface area contributed by atoms with Gasteiger partial charge in [-0.1, -0.05) is 0 Å². The van der Waals surface area contributed by atoms with E-state index in [9.17, 15) is 4.79 Å². The highest BCUT2D eigenvalue weighted by molar-refractivity contribution is 5.68. The minimum absolute atomic E-state index is 0.255. The molecular formula is C11H19NO2. The summed E-state index contributed by atoms with van der Waals surface area (Å²) in [4.78, 5) is 11.4. The second-order valence-corrected chi connectivity index (χ2v) is 5.49. The van der Waals surface area contributed by atoms with Gasteiger partial charge in [0.1, 0.15) is 5.60 Å². The van der Waals surface area contributed by atoms with Crippen LogP contribution in [0.4, 0.5) is 4.79 Å². The number of alkyl carbamates (subject to hydrolysis) is 1. The first-order valence-corrected chi connectivity index (χ1v) is 5.45. The maximum atomic E-state index is 11.4. The van der Waals surface area contributed by atoms with Crippen molar-refractivity contribution < 1.29 is 9.53 Å². The van der Waals surface area contributed by atoms with Gasteiger partial charge in [-0.15, -0.1) is 0 Å². The Morgan fingerprint density at radius 1 is 1.36 bits per heavy atom. The Labute approximate surface area is 85.2 Å². The summed E-state index contributed by atoms with van der Waals surface area (Å²) in [6.07, 6.45) is 3.47. The fraction of sp³-hybridized carbons (Fsp3) is 0.909. The normalized spacial score (nSPS) is 34.9. The second-order valence-electron chi connectivity index (χ2n) is 5.49. The quantitative estimate of drug-likeness (QED) is 0.700. The molecule has 2 aliphatic carbocycles. The third-order valence-electron chi connectivity index (χ3n) is 3.04. The van der Waals surface area contributed by atoms with Crippen LogP contribution in [0.1, 0.15) is 40.0 Å². The number of hydrogen-bond donors (Lipinski definition) is 1. The number of nitrogens with one attached hydrogen (secondary N) is 1. The Kier molecular flexibility index (Phi) is 2.20. The molecule has 0 spiro atoms. The van der Waals surface area contributed by atoms with E-state index >= 15 is 0 Å². The summed E-state index contributed by atoms with van der Waals surface area (Å²) in [6, 6.07) is 0.384. The van der Waals surface area contributed by atoms with E-state index in [1.807, 2.05) is 20.8 Å². The molecule has 3 nitrogen and oxygen atoms in total. The summed E-state index contributed by atoms with van der Waals surface area (Å²) >= 11 is 0. The third kappa shape index (κ3) is 2.20. The monoisotopic (exact) mass is 197 g/mol. The molecule has 0 saturated heterocycles. The molecule has 3 atom stereocenters. The first-order chi connectivity index (χ1) is 6.46. The molecular weight excluding hydrogens is 178 g/mol. The van der Waals surface area contributed by atoms with E-state index in [0.717, 1.165) is 18.3 Å². The average Bonchev–Trinajstić information content (AvgIpc) is 2.66. The van der Waals surface area contributed by atoms with E-state index in [-0.39, 0.29) is 11.7 Å². The zero-order chi connectivity index (χ0) is 10.3. The van der Waals surface area contributed by atoms with Crippen LogP contribution in [0, 0.1) is 11.8 Å².